The topological polar surface area (TPSA) is 93.5 Å². The largest absolute Gasteiger partial charge is 0.455 e. The number of imide groups is 1. The number of para-hydroxylation sites is 3. The van der Waals surface area contributed by atoms with Crippen LogP contribution in [0.4, 0.5) is 10.5 Å². The Labute approximate surface area is 121 Å². The fourth-order valence-electron chi connectivity index (χ4n) is 1.67. The fourth-order valence-corrected chi connectivity index (χ4v) is 1.67. The fraction of sp³-hybridized carbons (Fsp3) is 0.0667. The van der Waals surface area contributed by atoms with Gasteiger partial charge in [0.25, 0.3) is 0 Å². The highest BCUT2D eigenvalue weighted by Gasteiger charge is 2.07. The molecule has 4 N–H and O–H groups in total. The first-order chi connectivity index (χ1) is 10.1. The van der Waals surface area contributed by atoms with E-state index < -0.39 is 11.9 Å². The molecular formula is C15H15N3O3. The Morgan fingerprint density at radius 1 is 1.00 bits per heavy atom. The zero-order chi connectivity index (χ0) is 15.1. The van der Waals surface area contributed by atoms with Crippen molar-refractivity contribution in [1.29, 1.82) is 0 Å². The molecule has 0 saturated heterocycles. The van der Waals surface area contributed by atoms with Crippen LogP contribution in [0.3, 0.4) is 0 Å². The normalized spacial score (nSPS) is 9.71. The third kappa shape index (κ3) is 4.54. The molecule has 0 aliphatic carbocycles. The molecule has 0 saturated carbocycles. The van der Waals surface area contributed by atoms with Crippen LogP contribution < -0.4 is 21.1 Å². The summed E-state index contributed by atoms with van der Waals surface area (Å²) < 4.78 is 5.74. The van der Waals surface area contributed by atoms with E-state index in [1.165, 1.54) is 0 Å². The van der Waals surface area contributed by atoms with Gasteiger partial charge in [-0.15, -0.1) is 0 Å². The molecule has 6 heteroatoms. The molecule has 6 nitrogen and oxygen atoms in total. The zero-order valence-corrected chi connectivity index (χ0v) is 11.2. The molecular weight excluding hydrogens is 270 g/mol. The van der Waals surface area contributed by atoms with Gasteiger partial charge < -0.3 is 15.8 Å². The predicted molar refractivity (Wildman–Crippen MR) is 79.2 cm³/mol. The van der Waals surface area contributed by atoms with Gasteiger partial charge in [-0.1, -0.05) is 30.3 Å². The molecule has 0 spiro atoms. The molecule has 0 bridgehead atoms. The summed E-state index contributed by atoms with van der Waals surface area (Å²) in [5.74, 6) is 0.751. The van der Waals surface area contributed by atoms with Gasteiger partial charge in [-0.2, -0.15) is 0 Å². The quantitative estimate of drug-likeness (QED) is 0.784. The molecule has 0 aromatic heterocycles. The number of nitrogens with two attached hydrogens (primary N) is 1. The molecule has 2 rings (SSSR count). The minimum atomic E-state index is -0.879. The lowest BCUT2D eigenvalue weighted by Gasteiger charge is -2.12. The highest BCUT2D eigenvalue weighted by atomic mass is 16.5. The number of amides is 3. The number of urea groups is 1. The van der Waals surface area contributed by atoms with Gasteiger partial charge in [-0.25, -0.2) is 4.79 Å². The number of hydrogen-bond donors (Lipinski definition) is 3. The van der Waals surface area contributed by atoms with Gasteiger partial charge in [-0.05, 0) is 24.3 Å². The number of benzene rings is 2. The van der Waals surface area contributed by atoms with E-state index in [4.69, 9.17) is 10.5 Å². The van der Waals surface area contributed by atoms with Gasteiger partial charge in [0.15, 0.2) is 5.75 Å². The van der Waals surface area contributed by atoms with Gasteiger partial charge in [-0.3, -0.25) is 10.1 Å². The van der Waals surface area contributed by atoms with E-state index in [0.29, 0.717) is 17.2 Å². The van der Waals surface area contributed by atoms with Gasteiger partial charge in [0.1, 0.15) is 5.75 Å². The number of ether oxygens (including phenoxy) is 1. The van der Waals surface area contributed by atoms with Gasteiger partial charge in [0, 0.05) is 0 Å². The first-order valence-corrected chi connectivity index (χ1v) is 6.30. The minimum Gasteiger partial charge on any atom is -0.455 e. The highest BCUT2D eigenvalue weighted by molar-refractivity contribution is 5.95. The first-order valence-electron chi connectivity index (χ1n) is 6.30. The summed E-state index contributed by atoms with van der Waals surface area (Å²) in [5.41, 5.74) is 5.51. The van der Waals surface area contributed by atoms with E-state index in [9.17, 15) is 9.59 Å². The summed E-state index contributed by atoms with van der Waals surface area (Å²) >= 11 is 0. The zero-order valence-electron chi connectivity index (χ0n) is 11.2. The van der Waals surface area contributed by atoms with Crippen LogP contribution in [0.2, 0.25) is 0 Å². The molecule has 0 atom stereocenters. The molecule has 21 heavy (non-hydrogen) atoms. The molecule has 108 valence electrons. The van der Waals surface area contributed by atoms with Gasteiger partial charge in [0.2, 0.25) is 5.91 Å². The summed E-state index contributed by atoms with van der Waals surface area (Å²) in [6.45, 7) is -0.0852. The lowest BCUT2D eigenvalue weighted by atomic mass is 10.3. The maximum Gasteiger partial charge on any atom is 0.318 e. The Bertz CT molecular complexity index is 629. The van der Waals surface area contributed by atoms with Gasteiger partial charge >= 0.3 is 6.03 Å². The van der Waals surface area contributed by atoms with Crippen LogP contribution in [0, 0.1) is 0 Å². The Hall–Kier alpha value is -3.02. The molecule has 0 unspecified atom stereocenters. The van der Waals surface area contributed by atoms with E-state index in [1.54, 1.807) is 12.1 Å². The second-order valence-electron chi connectivity index (χ2n) is 4.18. The Kier molecular flexibility index (Phi) is 4.76. The average Bonchev–Trinajstić information content (AvgIpc) is 2.47. The summed E-state index contributed by atoms with van der Waals surface area (Å²) in [6.07, 6.45) is 0. The van der Waals surface area contributed by atoms with Crippen molar-refractivity contribution in [3.63, 3.8) is 0 Å². The van der Waals surface area contributed by atoms with Crippen molar-refractivity contribution >= 4 is 17.6 Å². The number of hydrogen-bond acceptors (Lipinski definition) is 4. The van der Waals surface area contributed by atoms with Crippen LogP contribution in [-0.4, -0.2) is 18.5 Å². The van der Waals surface area contributed by atoms with Crippen LogP contribution in [0.15, 0.2) is 54.6 Å². The molecule has 0 radical (unpaired) electrons. The summed E-state index contributed by atoms with van der Waals surface area (Å²) in [5, 5.41) is 4.87. The second kappa shape index (κ2) is 6.95. The lowest BCUT2D eigenvalue weighted by Crippen LogP contribution is -2.38. The van der Waals surface area contributed by atoms with Crippen LogP contribution >= 0.6 is 0 Å². The van der Waals surface area contributed by atoms with Crippen molar-refractivity contribution < 1.29 is 14.3 Å². The van der Waals surface area contributed by atoms with Crippen molar-refractivity contribution in [2.45, 2.75) is 0 Å². The average molecular weight is 285 g/mol. The number of nitrogens with one attached hydrogen (secondary N) is 2. The predicted octanol–water partition coefficient (Wildman–Crippen LogP) is 2.09. The molecule has 0 aliphatic heterocycles. The van der Waals surface area contributed by atoms with E-state index in [-0.39, 0.29) is 6.54 Å². The smallest absolute Gasteiger partial charge is 0.318 e. The number of carbonyl (C=O) groups excluding carboxylic acids is 2. The van der Waals surface area contributed by atoms with Gasteiger partial charge in [0.05, 0.1) is 12.2 Å². The van der Waals surface area contributed by atoms with Crippen LogP contribution in [0.25, 0.3) is 0 Å². The number of carbonyl (C=O) groups is 2. The number of anilines is 1. The third-order valence-corrected chi connectivity index (χ3v) is 2.56. The van der Waals surface area contributed by atoms with Crippen molar-refractivity contribution in [3.05, 3.63) is 54.6 Å². The van der Waals surface area contributed by atoms with Crippen molar-refractivity contribution in [2.24, 2.45) is 5.73 Å². The second-order valence-corrected chi connectivity index (χ2v) is 4.18. The summed E-state index contributed by atoms with van der Waals surface area (Å²) in [6, 6.07) is 15.6. The monoisotopic (exact) mass is 285 g/mol. The van der Waals surface area contributed by atoms with E-state index in [2.05, 4.69) is 5.32 Å². The van der Waals surface area contributed by atoms with E-state index in [0.717, 1.165) is 0 Å². The molecule has 0 fully saturated rings. The van der Waals surface area contributed by atoms with Crippen LogP contribution in [-0.2, 0) is 4.79 Å². The maximum atomic E-state index is 11.4. The Balaban J connectivity index is 2.03. The van der Waals surface area contributed by atoms with Crippen molar-refractivity contribution in [2.75, 3.05) is 11.9 Å². The van der Waals surface area contributed by atoms with Crippen LogP contribution in [0.1, 0.15) is 0 Å². The molecule has 3 amide bonds. The lowest BCUT2D eigenvalue weighted by molar-refractivity contribution is -0.118. The number of rotatable bonds is 5. The maximum absolute atomic E-state index is 11.4. The third-order valence-electron chi connectivity index (χ3n) is 2.56. The first kappa shape index (κ1) is 14.4. The molecule has 2 aromatic rings. The Morgan fingerprint density at radius 2 is 1.67 bits per heavy atom. The van der Waals surface area contributed by atoms with Crippen molar-refractivity contribution in [1.82, 2.24) is 5.32 Å². The SMILES string of the molecule is NC(=O)NC(=O)CNc1ccccc1Oc1ccccc1. The minimum absolute atomic E-state index is 0.0852. The van der Waals surface area contributed by atoms with E-state index >= 15 is 0 Å². The molecule has 0 heterocycles. The number of primary amides is 1. The summed E-state index contributed by atoms with van der Waals surface area (Å²) in [4.78, 5) is 21.9. The Morgan fingerprint density at radius 3 is 2.38 bits per heavy atom. The standard InChI is InChI=1S/C15H15N3O3/c16-15(20)18-14(19)10-17-12-8-4-5-9-13(12)21-11-6-2-1-3-7-11/h1-9,17H,10H2,(H3,16,18,19,20). The van der Waals surface area contributed by atoms with E-state index in [1.807, 2.05) is 47.8 Å². The van der Waals surface area contributed by atoms with Crippen LogP contribution in [0.5, 0.6) is 11.5 Å². The molecule has 0 aliphatic rings. The van der Waals surface area contributed by atoms with Crippen molar-refractivity contribution in [3.8, 4) is 11.5 Å². The molecule has 2 aromatic carbocycles. The summed E-state index contributed by atoms with van der Waals surface area (Å²) in [7, 11) is 0. The highest BCUT2D eigenvalue weighted by Crippen LogP contribution is 2.28.